The van der Waals surface area contributed by atoms with Gasteiger partial charge in [-0.05, 0) is 32.0 Å². The maximum absolute atomic E-state index is 12.9. The van der Waals surface area contributed by atoms with Crippen molar-refractivity contribution in [3.05, 3.63) is 35.4 Å². The molecule has 1 saturated heterocycles. The fraction of sp³-hybridized carbons (Fsp3) is 0.500. The molecule has 0 saturated carbocycles. The Morgan fingerprint density at radius 2 is 2.00 bits per heavy atom. The van der Waals surface area contributed by atoms with Crippen LogP contribution < -0.4 is 5.32 Å². The molecule has 1 fully saturated rings. The van der Waals surface area contributed by atoms with Gasteiger partial charge in [0.05, 0.1) is 11.1 Å². The third-order valence-electron chi connectivity index (χ3n) is 3.58. The molecule has 1 aromatic carbocycles. The van der Waals surface area contributed by atoms with Crippen molar-refractivity contribution in [3.63, 3.8) is 0 Å². The predicted octanol–water partition coefficient (Wildman–Crippen LogP) is 2.95. The predicted molar refractivity (Wildman–Crippen MR) is 76.7 cm³/mol. The molecule has 1 unspecified atom stereocenters. The minimum atomic E-state index is -4.51. The zero-order valence-corrected chi connectivity index (χ0v) is 12.4. The van der Waals surface area contributed by atoms with Gasteiger partial charge < -0.3 is 10.2 Å². The summed E-state index contributed by atoms with van der Waals surface area (Å²) in [6.07, 6.45) is -2.78. The molecule has 2 rings (SSSR count). The molecule has 3 nitrogen and oxygen atoms in total. The quantitative estimate of drug-likeness (QED) is 0.908. The van der Waals surface area contributed by atoms with Gasteiger partial charge in [0.25, 0.3) is 5.91 Å². The number of halogens is 4. The zero-order chi connectivity index (χ0) is 14.8. The summed E-state index contributed by atoms with van der Waals surface area (Å²) in [4.78, 5) is 13.8. The van der Waals surface area contributed by atoms with Crippen LogP contribution in [0.1, 0.15) is 28.8 Å². The second kappa shape index (κ2) is 7.13. The summed E-state index contributed by atoms with van der Waals surface area (Å²) in [5.74, 6) is -0.544. The number of likely N-dealkylation sites (tertiary alicyclic amines) is 1. The van der Waals surface area contributed by atoms with E-state index in [1.807, 2.05) is 0 Å². The Hall–Kier alpha value is -1.27. The van der Waals surface area contributed by atoms with E-state index in [0.29, 0.717) is 13.1 Å². The van der Waals surface area contributed by atoms with Crippen LogP contribution in [-0.4, -0.2) is 37.0 Å². The molecule has 0 spiro atoms. The highest BCUT2D eigenvalue weighted by Gasteiger charge is 2.36. The van der Waals surface area contributed by atoms with Gasteiger partial charge in [0, 0.05) is 19.1 Å². The number of hydrogen-bond donors (Lipinski definition) is 1. The summed E-state index contributed by atoms with van der Waals surface area (Å²) < 4.78 is 38.8. The first-order valence-corrected chi connectivity index (χ1v) is 6.56. The molecule has 1 amide bonds. The van der Waals surface area contributed by atoms with Gasteiger partial charge in [0.15, 0.2) is 0 Å². The van der Waals surface area contributed by atoms with Crippen LogP contribution in [0, 0.1) is 0 Å². The van der Waals surface area contributed by atoms with E-state index in [0.717, 1.165) is 18.9 Å². The van der Waals surface area contributed by atoms with Gasteiger partial charge in [-0.15, -0.1) is 12.4 Å². The molecule has 0 bridgehead atoms. The van der Waals surface area contributed by atoms with Crippen molar-refractivity contribution in [2.75, 3.05) is 20.1 Å². The minimum absolute atomic E-state index is 0. The fourth-order valence-electron chi connectivity index (χ4n) is 2.48. The van der Waals surface area contributed by atoms with Crippen molar-refractivity contribution >= 4 is 18.3 Å². The molecule has 1 heterocycles. The number of nitrogens with one attached hydrogen (secondary N) is 1. The Labute approximate surface area is 127 Å². The van der Waals surface area contributed by atoms with E-state index < -0.39 is 17.6 Å². The van der Waals surface area contributed by atoms with Crippen LogP contribution in [0.3, 0.4) is 0 Å². The number of piperidine rings is 1. The smallest absolute Gasteiger partial charge is 0.337 e. The summed E-state index contributed by atoms with van der Waals surface area (Å²) in [6, 6.07) is 5.10. The number of rotatable bonds is 2. The Balaban J connectivity index is 0.00000220. The lowest BCUT2D eigenvalue weighted by molar-refractivity contribution is -0.138. The highest BCUT2D eigenvalue weighted by Crippen LogP contribution is 2.32. The van der Waals surface area contributed by atoms with Crippen LogP contribution in [0.4, 0.5) is 13.2 Å². The van der Waals surface area contributed by atoms with E-state index in [4.69, 9.17) is 0 Å². The van der Waals surface area contributed by atoms with Crippen LogP contribution in [0.5, 0.6) is 0 Å². The Kier molecular flexibility index (Phi) is 6.04. The Morgan fingerprint density at radius 3 is 2.62 bits per heavy atom. The van der Waals surface area contributed by atoms with Crippen LogP contribution in [-0.2, 0) is 6.18 Å². The minimum Gasteiger partial charge on any atom is -0.337 e. The van der Waals surface area contributed by atoms with E-state index in [1.165, 1.54) is 23.1 Å². The van der Waals surface area contributed by atoms with Crippen LogP contribution in [0.2, 0.25) is 0 Å². The Bertz CT molecular complexity index is 493. The van der Waals surface area contributed by atoms with E-state index in [1.54, 1.807) is 7.05 Å². The lowest BCUT2D eigenvalue weighted by Crippen LogP contribution is -2.47. The Morgan fingerprint density at radius 1 is 1.33 bits per heavy atom. The average Bonchev–Trinajstić information content (AvgIpc) is 2.45. The van der Waals surface area contributed by atoms with Crippen molar-refractivity contribution in [2.45, 2.75) is 25.1 Å². The number of hydrogen-bond acceptors (Lipinski definition) is 2. The van der Waals surface area contributed by atoms with Crippen molar-refractivity contribution in [1.29, 1.82) is 0 Å². The maximum atomic E-state index is 12.9. The number of likely N-dealkylation sites (N-methyl/N-ethyl adjacent to an activating group) is 1. The molecule has 1 aliphatic rings. The monoisotopic (exact) mass is 322 g/mol. The second-order valence-electron chi connectivity index (χ2n) is 4.92. The van der Waals surface area contributed by atoms with Crippen molar-refractivity contribution in [1.82, 2.24) is 10.2 Å². The highest BCUT2D eigenvalue weighted by atomic mass is 35.5. The topological polar surface area (TPSA) is 32.3 Å². The molecule has 1 aliphatic heterocycles. The van der Waals surface area contributed by atoms with Gasteiger partial charge in [-0.3, -0.25) is 4.79 Å². The maximum Gasteiger partial charge on any atom is 0.417 e. The summed E-state index contributed by atoms with van der Waals surface area (Å²) in [6.45, 7) is 0.949. The molecule has 0 aliphatic carbocycles. The SMILES string of the molecule is CNC1CCCN(C(=O)c2ccccc2C(F)(F)F)C1.Cl. The van der Waals surface area contributed by atoms with Crippen LogP contribution in [0.15, 0.2) is 24.3 Å². The first-order chi connectivity index (χ1) is 9.43. The number of carbonyl (C=O) groups excluding carboxylic acids is 1. The van der Waals surface area contributed by atoms with Crippen LogP contribution >= 0.6 is 12.4 Å². The molecular formula is C14H18ClF3N2O. The van der Waals surface area contributed by atoms with Crippen molar-refractivity contribution in [3.8, 4) is 0 Å². The van der Waals surface area contributed by atoms with E-state index in [2.05, 4.69) is 5.32 Å². The first-order valence-electron chi connectivity index (χ1n) is 6.56. The summed E-state index contributed by atoms with van der Waals surface area (Å²) >= 11 is 0. The number of alkyl halides is 3. The zero-order valence-electron chi connectivity index (χ0n) is 11.6. The van der Waals surface area contributed by atoms with Crippen molar-refractivity contribution < 1.29 is 18.0 Å². The largest absolute Gasteiger partial charge is 0.417 e. The molecule has 1 atom stereocenters. The number of benzene rings is 1. The fourth-order valence-corrected chi connectivity index (χ4v) is 2.48. The van der Waals surface area contributed by atoms with Gasteiger partial charge in [0.2, 0.25) is 0 Å². The van der Waals surface area contributed by atoms with E-state index >= 15 is 0 Å². The van der Waals surface area contributed by atoms with Crippen LogP contribution in [0.25, 0.3) is 0 Å². The summed E-state index contributed by atoms with van der Waals surface area (Å²) in [7, 11) is 1.79. The van der Waals surface area contributed by atoms with Gasteiger partial charge in [0.1, 0.15) is 0 Å². The summed E-state index contributed by atoms with van der Waals surface area (Å²) in [5, 5.41) is 3.07. The molecule has 1 N–H and O–H groups in total. The molecule has 0 aromatic heterocycles. The molecule has 7 heteroatoms. The average molecular weight is 323 g/mol. The lowest BCUT2D eigenvalue weighted by atomic mass is 10.0. The van der Waals surface area contributed by atoms with Gasteiger partial charge >= 0.3 is 6.18 Å². The van der Waals surface area contributed by atoms with E-state index in [-0.39, 0.29) is 24.0 Å². The third kappa shape index (κ3) is 4.11. The van der Waals surface area contributed by atoms with Gasteiger partial charge in [-0.1, -0.05) is 12.1 Å². The molecule has 1 aromatic rings. The molecule has 118 valence electrons. The number of amides is 1. The molecular weight excluding hydrogens is 305 g/mol. The molecule has 0 radical (unpaired) electrons. The molecule has 21 heavy (non-hydrogen) atoms. The van der Waals surface area contributed by atoms with Crippen molar-refractivity contribution in [2.24, 2.45) is 0 Å². The second-order valence-corrected chi connectivity index (χ2v) is 4.92. The first kappa shape index (κ1) is 17.8. The van der Waals surface area contributed by atoms with Gasteiger partial charge in [-0.2, -0.15) is 13.2 Å². The highest BCUT2D eigenvalue weighted by molar-refractivity contribution is 5.96. The standard InChI is InChI=1S/C14H17F3N2O.ClH/c1-18-10-5-4-8-19(9-10)13(20)11-6-2-3-7-12(11)14(15,16)17;/h2-3,6-7,10,18H,4-5,8-9H2,1H3;1H. The normalized spacial score (nSPS) is 19.0. The summed E-state index contributed by atoms with van der Waals surface area (Å²) in [5.41, 5.74) is -1.13. The number of nitrogens with zero attached hydrogens (tertiary/aromatic N) is 1. The van der Waals surface area contributed by atoms with Gasteiger partial charge in [-0.25, -0.2) is 0 Å². The number of carbonyl (C=O) groups is 1. The van der Waals surface area contributed by atoms with E-state index in [9.17, 15) is 18.0 Å². The third-order valence-corrected chi connectivity index (χ3v) is 3.58. The lowest BCUT2D eigenvalue weighted by Gasteiger charge is -2.33.